The highest BCUT2D eigenvalue weighted by Crippen LogP contribution is 2.57. The standard InChI is InChI=1S/C12H15Cl3NO4P/c1-8-4-6-9(7-5-8)10(17)16-11(12(13,14)15)21(18,19-2)20-3/h4-7,11H,1-3H3,(H,16,17)/t11-/m0/s1. The van der Waals surface area contributed by atoms with Gasteiger partial charge >= 0.3 is 7.60 Å². The van der Waals surface area contributed by atoms with Gasteiger partial charge in [-0.3, -0.25) is 9.36 Å². The first kappa shape index (κ1) is 18.8. The van der Waals surface area contributed by atoms with Gasteiger partial charge in [-0.25, -0.2) is 0 Å². The second-order valence-corrected chi connectivity index (χ2v) is 8.88. The van der Waals surface area contributed by atoms with Gasteiger partial charge in [0, 0.05) is 19.8 Å². The largest absolute Gasteiger partial charge is 0.356 e. The van der Waals surface area contributed by atoms with Crippen LogP contribution < -0.4 is 5.32 Å². The molecule has 0 fully saturated rings. The summed E-state index contributed by atoms with van der Waals surface area (Å²) in [4.78, 5) is 12.2. The summed E-state index contributed by atoms with van der Waals surface area (Å²) in [7, 11) is -1.54. The third-order valence-corrected chi connectivity index (χ3v) is 5.99. The van der Waals surface area contributed by atoms with Crippen LogP contribution in [0.4, 0.5) is 0 Å². The van der Waals surface area contributed by atoms with Gasteiger partial charge in [-0.15, -0.1) is 0 Å². The summed E-state index contributed by atoms with van der Waals surface area (Å²) in [5, 5.41) is 2.39. The van der Waals surface area contributed by atoms with Crippen LogP contribution in [0, 0.1) is 6.92 Å². The molecule has 0 saturated carbocycles. The SMILES string of the molecule is COP(=O)(OC)[C@H](NC(=O)c1ccc(C)cc1)C(Cl)(Cl)Cl. The van der Waals surface area contributed by atoms with Gasteiger partial charge in [0.15, 0.2) is 5.78 Å². The summed E-state index contributed by atoms with van der Waals surface area (Å²) in [6, 6.07) is 6.71. The Morgan fingerprint density at radius 2 is 1.67 bits per heavy atom. The highest BCUT2D eigenvalue weighted by Gasteiger charge is 2.49. The van der Waals surface area contributed by atoms with Gasteiger partial charge < -0.3 is 14.4 Å². The monoisotopic (exact) mass is 373 g/mol. The van der Waals surface area contributed by atoms with Gasteiger partial charge in [-0.2, -0.15) is 0 Å². The maximum atomic E-state index is 12.4. The molecular formula is C12H15Cl3NO4P. The Kier molecular flexibility index (Phi) is 6.54. The molecule has 21 heavy (non-hydrogen) atoms. The smallest absolute Gasteiger partial charge is 0.334 e. The van der Waals surface area contributed by atoms with Crippen molar-refractivity contribution in [3.05, 3.63) is 35.4 Å². The van der Waals surface area contributed by atoms with Crippen LogP contribution in [0.3, 0.4) is 0 Å². The number of rotatable bonds is 5. The molecule has 0 aliphatic rings. The van der Waals surface area contributed by atoms with E-state index in [1.165, 1.54) is 0 Å². The predicted molar refractivity (Wildman–Crippen MR) is 84.3 cm³/mol. The molecule has 1 N–H and O–H groups in total. The summed E-state index contributed by atoms with van der Waals surface area (Å²) < 4.78 is 19.9. The third-order valence-electron chi connectivity index (χ3n) is 2.72. The van der Waals surface area contributed by atoms with Crippen molar-refractivity contribution in [3.63, 3.8) is 0 Å². The molecule has 0 aliphatic carbocycles. The van der Waals surface area contributed by atoms with Crippen molar-refractivity contribution in [3.8, 4) is 0 Å². The van der Waals surface area contributed by atoms with Crippen molar-refractivity contribution in [2.24, 2.45) is 0 Å². The minimum Gasteiger partial charge on any atom is -0.334 e. The zero-order valence-corrected chi connectivity index (χ0v) is 14.8. The number of nitrogens with one attached hydrogen (secondary N) is 1. The quantitative estimate of drug-likeness (QED) is 0.627. The van der Waals surface area contributed by atoms with Crippen LogP contribution in [-0.2, 0) is 13.6 Å². The van der Waals surface area contributed by atoms with Crippen molar-refractivity contribution < 1.29 is 18.4 Å². The lowest BCUT2D eigenvalue weighted by Gasteiger charge is -2.30. The number of hydrogen-bond donors (Lipinski definition) is 1. The van der Waals surface area contributed by atoms with Crippen molar-refractivity contribution in [2.45, 2.75) is 16.5 Å². The molecule has 9 heteroatoms. The van der Waals surface area contributed by atoms with Gasteiger partial charge in [0.05, 0.1) is 0 Å². The lowest BCUT2D eigenvalue weighted by Crippen LogP contribution is -2.44. The van der Waals surface area contributed by atoms with Crippen LogP contribution in [0.15, 0.2) is 24.3 Å². The van der Waals surface area contributed by atoms with Gasteiger partial charge in [0.2, 0.25) is 3.79 Å². The van der Waals surface area contributed by atoms with Gasteiger partial charge in [-0.1, -0.05) is 52.5 Å². The molecular weight excluding hydrogens is 359 g/mol. The van der Waals surface area contributed by atoms with E-state index in [2.05, 4.69) is 5.32 Å². The van der Waals surface area contributed by atoms with Crippen LogP contribution >= 0.6 is 42.4 Å². The minimum absolute atomic E-state index is 0.332. The first-order valence-electron chi connectivity index (χ1n) is 5.79. The topological polar surface area (TPSA) is 64.6 Å². The lowest BCUT2D eigenvalue weighted by atomic mass is 10.1. The molecule has 0 spiro atoms. The Morgan fingerprint density at radius 3 is 2.05 bits per heavy atom. The van der Waals surface area contributed by atoms with Crippen LogP contribution in [0.25, 0.3) is 0 Å². The molecule has 1 rings (SSSR count). The molecule has 1 aromatic rings. The number of alkyl halides is 3. The number of halogens is 3. The third kappa shape index (κ3) is 4.85. The Hall–Kier alpha value is -0.290. The van der Waals surface area contributed by atoms with Crippen molar-refractivity contribution in [1.29, 1.82) is 0 Å². The molecule has 0 bridgehead atoms. The zero-order valence-electron chi connectivity index (χ0n) is 11.6. The summed E-state index contributed by atoms with van der Waals surface area (Å²) in [6.07, 6.45) is 0. The Morgan fingerprint density at radius 1 is 1.19 bits per heavy atom. The van der Waals surface area contributed by atoms with Gasteiger partial charge in [0.1, 0.15) is 0 Å². The molecule has 0 heterocycles. The predicted octanol–water partition coefficient (Wildman–Crippen LogP) is 3.91. The van der Waals surface area contributed by atoms with Crippen LogP contribution in [0.5, 0.6) is 0 Å². The van der Waals surface area contributed by atoms with Crippen LogP contribution in [0.2, 0.25) is 0 Å². The number of carbonyl (C=O) groups is 1. The minimum atomic E-state index is -3.82. The fourth-order valence-corrected chi connectivity index (χ4v) is 3.98. The van der Waals surface area contributed by atoms with E-state index in [9.17, 15) is 9.36 Å². The highest BCUT2D eigenvalue weighted by molar-refractivity contribution is 7.55. The van der Waals surface area contributed by atoms with Crippen molar-refractivity contribution in [2.75, 3.05) is 14.2 Å². The first-order valence-corrected chi connectivity index (χ1v) is 8.54. The normalized spacial score (nSPS) is 13.8. The Bertz CT molecular complexity index is 536. The fraction of sp³-hybridized carbons (Fsp3) is 0.417. The van der Waals surface area contributed by atoms with Crippen LogP contribution in [0.1, 0.15) is 15.9 Å². The van der Waals surface area contributed by atoms with Gasteiger partial charge in [0.25, 0.3) is 5.91 Å². The van der Waals surface area contributed by atoms with E-state index < -0.39 is 23.1 Å². The number of amides is 1. The van der Waals surface area contributed by atoms with E-state index in [0.29, 0.717) is 5.56 Å². The van der Waals surface area contributed by atoms with Crippen LogP contribution in [-0.4, -0.2) is 29.7 Å². The summed E-state index contributed by atoms with van der Waals surface area (Å²) in [5.41, 5.74) is 1.32. The maximum absolute atomic E-state index is 12.4. The summed E-state index contributed by atoms with van der Waals surface area (Å²) >= 11 is 17.3. The maximum Gasteiger partial charge on any atom is 0.356 e. The molecule has 0 aliphatic heterocycles. The van der Waals surface area contributed by atoms with Crippen molar-refractivity contribution >= 4 is 48.3 Å². The summed E-state index contributed by atoms with van der Waals surface area (Å²) in [5.74, 6) is -2.00. The molecule has 1 amide bonds. The van der Waals surface area contributed by atoms with E-state index in [1.807, 2.05) is 6.92 Å². The Balaban J connectivity index is 3.05. The molecule has 0 radical (unpaired) electrons. The average Bonchev–Trinajstić information content (AvgIpc) is 2.43. The number of hydrogen-bond acceptors (Lipinski definition) is 4. The molecule has 1 aromatic carbocycles. The van der Waals surface area contributed by atoms with Crippen molar-refractivity contribution in [1.82, 2.24) is 5.32 Å². The Labute approximate surface area is 138 Å². The fourth-order valence-electron chi connectivity index (χ4n) is 1.54. The van der Waals surface area contributed by atoms with Gasteiger partial charge in [-0.05, 0) is 19.1 Å². The number of carbonyl (C=O) groups excluding carboxylic acids is 1. The molecule has 5 nitrogen and oxygen atoms in total. The molecule has 0 unspecified atom stereocenters. The summed E-state index contributed by atoms with van der Waals surface area (Å²) in [6.45, 7) is 1.88. The van der Waals surface area contributed by atoms with E-state index in [0.717, 1.165) is 19.8 Å². The number of benzene rings is 1. The van der Waals surface area contributed by atoms with E-state index >= 15 is 0 Å². The molecule has 0 aromatic heterocycles. The average molecular weight is 375 g/mol. The second kappa shape index (κ2) is 7.32. The lowest BCUT2D eigenvalue weighted by molar-refractivity contribution is 0.0941. The molecule has 1 atom stereocenters. The first-order chi connectivity index (χ1) is 9.64. The molecule has 118 valence electrons. The molecule has 0 saturated heterocycles. The van der Waals surface area contributed by atoms with E-state index in [4.69, 9.17) is 43.9 Å². The second-order valence-electron chi connectivity index (χ2n) is 4.19. The highest BCUT2D eigenvalue weighted by atomic mass is 35.6. The van der Waals surface area contributed by atoms with E-state index in [-0.39, 0.29) is 0 Å². The number of aryl methyl sites for hydroxylation is 1. The zero-order chi connectivity index (χ0) is 16.3. The van der Waals surface area contributed by atoms with E-state index in [1.54, 1.807) is 24.3 Å².